The molecular formula is C12H22IN5OS. The van der Waals surface area contributed by atoms with Gasteiger partial charge in [-0.1, -0.05) is 6.92 Å². The molecule has 0 unspecified atom stereocenters. The van der Waals surface area contributed by atoms with E-state index in [1.165, 1.54) is 9.78 Å². The highest BCUT2D eigenvalue weighted by Gasteiger charge is 2.06. The van der Waals surface area contributed by atoms with Crippen LogP contribution in [-0.4, -0.2) is 49.4 Å². The molecular weight excluding hydrogens is 389 g/mol. The Kier molecular flexibility index (Phi) is 9.47. The monoisotopic (exact) mass is 411 g/mol. The third-order valence-electron chi connectivity index (χ3n) is 2.49. The van der Waals surface area contributed by atoms with Crippen LogP contribution in [0.15, 0.2) is 11.2 Å². The van der Waals surface area contributed by atoms with Crippen molar-refractivity contribution in [3.05, 3.63) is 16.1 Å². The van der Waals surface area contributed by atoms with E-state index in [0.29, 0.717) is 12.5 Å². The van der Waals surface area contributed by atoms with Crippen LogP contribution < -0.4 is 10.6 Å². The Hall–Kier alpha value is -0.900. The summed E-state index contributed by atoms with van der Waals surface area (Å²) in [5.74, 6) is 0.605. The van der Waals surface area contributed by atoms with Crippen molar-refractivity contribution >= 4 is 47.2 Å². The lowest BCUT2D eigenvalue weighted by atomic mass is 10.4. The molecule has 0 bridgehead atoms. The number of carbonyl (C=O) groups is 1. The number of amides is 1. The molecule has 0 saturated heterocycles. The molecule has 0 saturated carbocycles. The third kappa shape index (κ3) is 6.51. The second kappa shape index (κ2) is 9.92. The zero-order valence-corrected chi connectivity index (χ0v) is 15.4. The Morgan fingerprint density at radius 2 is 2.15 bits per heavy atom. The zero-order chi connectivity index (χ0) is 14.3. The van der Waals surface area contributed by atoms with Crippen molar-refractivity contribution < 1.29 is 4.79 Å². The van der Waals surface area contributed by atoms with E-state index < -0.39 is 0 Å². The van der Waals surface area contributed by atoms with E-state index in [9.17, 15) is 4.79 Å². The van der Waals surface area contributed by atoms with E-state index in [2.05, 4.69) is 27.5 Å². The molecule has 1 aromatic heterocycles. The highest BCUT2D eigenvalue weighted by atomic mass is 127. The van der Waals surface area contributed by atoms with Crippen molar-refractivity contribution in [2.75, 3.05) is 27.7 Å². The smallest absolute Gasteiger partial charge is 0.241 e. The molecule has 0 aromatic carbocycles. The molecule has 1 heterocycles. The number of nitrogens with one attached hydrogen (secondary N) is 2. The summed E-state index contributed by atoms with van der Waals surface area (Å²) in [6, 6.07) is 0. The molecule has 0 fully saturated rings. The molecule has 8 heteroatoms. The molecule has 1 aromatic rings. The highest BCUT2D eigenvalue weighted by molar-refractivity contribution is 14.0. The predicted molar refractivity (Wildman–Crippen MR) is 93.8 cm³/mol. The van der Waals surface area contributed by atoms with Crippen molar-refractivity contribution in [3.63, 3.8) is 0 Å². The first-order chi connectivity index (χ1) is 9.06. The van der Waals surface area contributed by atoms with Gasteiger partial charge in [0.2, 0.25) is 5.91 Å². The minimum atomic E-state index is 0. The van der Waals surface area contributed by atoms with E-state index >= 15 is 0 Å². The van der Waals surface area contributed by atoms with Crippen molar-refractivity contribution in [3.8, 4) is 0 Å². The maximum atomic E-state index is 11.4. The van der Waals surface area contributed by atoms with E-state index in [0.717, 1.165) is 11.4 Å². The summed E-state index contributed by atoms with van der Waals surface area (Å²) in [7, 11) is 5.12. The molecule has 0 atom stereocenters. The van der Waals surface area contributed by atoms with Gasteiger partial charge in [-0.3, -0.25) is 9.79 Å². The second-order valence-electron chi connectivity index (χ2n) is 4.14. The van der Waals surface area contributed by atoms with Gasteiger partial charge < -0.3 is 15.5 Å². The summed E-state index contributed by atoms with van der Waals surface area (Å²) in [5, 5.41) is 7.11. The van der Waals surface area contributed by atoms with Crippen LogP contribution in [-0.2, 0) is 17.8 Å². The van der Waals surface area contributed by atoms with Crippen molar-refractivity contribution in [1.82, 2.24) is 20.5 Å². The summed E-state index contributed by atoms with van der Waals surface area (Å²) >= 11 is 1.68. The largest absolute Gasteiger partial charge is 0.350 e. The Bertz CT molecular complexity index is 447. The number of nitrogens with zero attached hydrogens (tertiary/aromatic N) is 3. The van der Waals surface area contributed by atoms with Crippen molar-refractivity contribution in [2.45, 2.75) is 19.9 Å². The number of carbonyl (C=O) groups excluding carboxylic acids is 1. The van der Waals surface area contributed by atoms with Crippen molar-refractivity contribution in [2.24, 2.45) is 4.99 Å². The molecule has 114 valence electrons. The first-order valence-corrected chi connectivity index (χ1v) is 6.96. The van der Waals surface area contributed by atoms with Crippen LogP contribution in [0.4, 0.5) is 0 Å². The predicted octanol–water partition coefficient (Wildman–Crippen LogP) is 1.08. The van der Waals surface area contributed by atoms with E-state index in [-0.39, 0.29) is 36.4 Å². The van der Waals surface area contributed by atoms with Gasteiger partial charge in [-0.05, 0) is 6.42 Å². The number of hydrogen-bond donors (Lipinski definition) is 2. The van der Waals surface area contributed by atoms with Gasteiger partial charge in [0.1, 0.15) is 5.01 Å². The quantitative estimate of drug-likeness (QED) is 0.432. The average Bonchev–Trinajstić information content (AvgIpc) is 2.86. The molecule has 1 rings (SSSR count). The number of aromatic nitrogens is 1. The fourth-order valence-electron chi connectivity index (χ4n) is 1.29. The molecule has 0 aliphatic rings. The first kappa shape index (κ1) is 19.1. The molecule has 1 amide bonds. The Morgan fingerprint density at radius 3 is 2.65 bits per heavy atom. The average molecular weight is 411 g/mol. The maximum Gasteiger partial charge on any atom is 0.241 e. The van der Waals surface area contributed by atoms with Crippen LogP contribution in [0.3, 0.4) is 0 Å². The molecule has 2 N–H and O–H groups in total. The van der Waals surface area contributed by atoms with Crippen LogP contribution in [0, 0.1) is 0 Å². The Balaban J connectivity index is 0.00000361. The number of hydrogen-bond acceptors (Lipinski definition) is 4. The van der Waals surface area contributed by atoms with Crippen LogP contribution in [0.2, 0.25) is 0 Å². The van der Waals surface area contributed by atoms with E-state index in [4.69, 9.17) is 0 Å². The Morgan fingerprint density at radius 1 is 1.45 bits per heavy atom. The maximum absolute atomic E-state index is 11.4. The third-order valence-corrected chi connectivity index (χ3v) is 3.63. The minimum Gasteiger partial charge on any atom is -0.350 e. The summed E-state index contributed by atoms with van der Waals surface area (Å²) in [6.45, 7) is 2.95. The van der Waals surface area contributed by atoms with E-state index in [1.807, 2.05) is 6.20 Å². The minimum absolute atomic E-state index is 0. The first-order valence-electron chi connectivity index (χ1n) is 6.15. The summed E-state index contributed by atoms with van der Waals surface area (Å²) < 4.78 is 0. The molecule has 0 aliphatic carbocycles. The molecule has 6 nitrogen and oxygen atoms in total. The summed E-state index contributed by atoms with van der Waals surface area (Å²) in [4.78, 5) is 22.6. The van der Waals surface area contributed by atoms with Crippen LogP contribution in [0.25, 0.3) is 0 Å². The van der Waals surface area contributed by atoms with Gasteiger partial charge in [0, 0.05) is 32.2 Å². The lowest BCUT2D eigenvalue weighted by Gasteiger charge is -2.13. The number of guanidine groups is 1. The lowest BCUT2D eigenvalue weighted by Crippen LogP contribution is -2.42. The van der Waals surface area contributed by atoms with Gasteiger partial charge in [0.25, 0.3) is 0 Å². The SMILES string of the molecule is CCc1cnc(CNC(=NC)NCC(=O)N(C)C)s1.I. The fraction of sp³-hybridized carbons (Fsp3) is 0.583. The number of thiazole rings is 1. The second-order valence-corrected chi connectivity index (χ2v) is 5.34. The molecule has 20 heavy (non-hydrogen) atoms. The van der Waals surface area contributed by atoms with Gasteiger partial charge in [-0.15, -0.1) is 35.3 Å². The zero-order valence-electron chi connectivity index (χ0n) is 12.3. The number of aliphatic imine (C=N–C) groups is 1. The normalized spacial score (nSPS) is 10.7. The summed E-state index contributed by atoms with van der Waals surface area (Å²) in [5.41, 5.74) is 0. The van der Waals surface area contributed by atoms with Gasteiger partial charge in [0.05, 0.1) is 13.1 Å². The summed E-state index contributed by atoms with van der Waals surface area (Å²) in [6.07, 6.45) is 2.90. The number of likely N-dealkylation sites (N-methyl/N-ethyl adjacent to an activating group) is 1. The molecule has 0 aliphatic heterocycles. The lowest BCUT2D eigenvalue weighted by molar-refractivity contribution is -0.127. The van der Waals surface area contributed by atoms with Gasteiger partial charge >= 0.3 is 0 Å². The topological polar surface area (TPSA) is 69.6 Å². The van der Waals surface area contributed by atoms with Crippen LogP contribution >= 0.6 is 35.3 Å². The van der Waals surface area contributed by atoms with E-state index in [1.54, 1.807) is 32.5 Å². The number of halogens is 1. The number of aryl methyl sites for hydroxylation is 1. The highest BCUT2D eigenvalue weighted by Crippen LogP contribution is 2.12. The van der Waals surface area contributed by atoms with Crippen LogP contribution in [0.1, 0.15) is 16.8 Å². The molecule has 0 radical (unpaired) electrons. The standard InChI is InChI=1S/C12H21N5OS.HI/c1-5-9-6-14-10(19-9)7-15-12(13-2)16-8-11(18)17(3)4;/h6H,5,7-8H2,1-4H3,(H2,13,15,16);1H. The van der Waals surface area contributed by atoms with Gasteiger partial charge in [-0.2, -0.15) is 0 Å². The van der Waals surface area contributed by atoms with Gasteiger partial charge in [-0.25, -0.2) is 4.98 Å². The number of rotatable bonds is 5. The Labute approximate surface area is 141 Å². The van der Waals surface area contributed by atoms with Gasteiger partial charge in [0.15, 0.2) is 5.96 Å². The molecule has 0 spiro atoms. The van der Waals surface area contributed by atoms with Crippen molar-refractivity contribution in [1.29, 1.82) is 0 Å². The van der Waals surface area contributed by atoms with Crippen LogP contribution in [0.5, 0.6) is 0 Å². The fourth-order valence-corrected chi connectivity index (χ4v) is 2.09.